The molecular formula is C16H27NO3. The Bertz CT molecular complexity index is 380. The van der Waals surface area contributed by atoms with Crippen molar-refractivity contribution in [3.05, 3.63) is 23.8 Å². The molecule has 1 aromatic carbocycles. The summed E-state index contributed by atoms with van der Waals surface area (Å²) in [4.78, 5) is 0. The Balaban J connectivity index is 2.50. The zero-order chi connectivity index (χ0) is 14.8. The molecule has 0 aliphatic rings. The molecule has 0 aliphatic carbocycles. The molecule has 0 aliphatic heterocycles. The van der Waals surface area contributed by atoms with Crippen molar-refractivity contribution >= 4 is 0 Å². The number of hydrogen-bond donors (Lipinski definition) is 1. The first-order valence-corrected chi connectivity index (χ1v) is 7.28. The second-order valence-electron chi connectivity index (χ2n) is 4.98. The van der Waals surface area contributed by atoms with Crippen LogP contribution >= 0.6 is 0 Å². The Labute approximate surface area is 122 Å². The van der Waals surface area contributed by atoms with Gasteiger partial charge in [-0.25, -0.2) is 0 Å². The number of benzene rings is 1. The Morgan fingerprint density at radius 3 is 2.55 bits per heavy atom. The second kappa shape index (κ2) is 9.61. The van der Waals surface area contributed by atoms with E-state index in [0.29, 0.717) is 19.3 Å². The molecule has 0 fully saturated rings. The Kier molecular flexibility index (Phi) is 8.07. The second-order valence-corrected chi connectivity index (χ2v) is 4.98. The fraction of sp³-hybridized carbons (Fsp3) is 0.625. The molecule has 4 heteroatoms. The first kappa shape index (κ1) is 16.8. The highest BCUT2D eigenvalue weighted by Crippen LogP contribution is 2.28. The molecule has 0 heterocycles. The number of methoxy groups -OCH3 is 1. The summed E-state index contributed by atoms with van der Waals surface area (Å²) in [6, 6.07) is 6.49. The van der Waals surface area contributed by atoms with Crippen molar-refractivity contribution in [3.8, 4) is 11.5 Å². The summed E-state index contributed by atoms with van der Waals surface area (Å²) in [6.45, 7) is 9.10. The minimum absolute atomic E-state index is 0.465. The monoisotopic (exact) mass is 281 g/mol. The first-order chi connectivity index (χ1) is 9.67. The third-order valence-corrected chi connectivity index (χ3v) is 2.78. The molecular weight excluding hydrogens is 254 g/mol. The summed E-state index contributed by atoms with van der Waals surface area (Å²) >= 11 is 0. The number of nitrogens with one attached hydrogen (secondary N) is 1. The van der Waals surface area contributed by atoms with Crippen LogP contribution in [0.4, 0.5) is 0 Å². The predicted molar refractivity (Wildman–Crippen MR) is 81.6 cm³/mol. The summed E-state index contributed by atoms with van der Waals surface area (Å²) in [7, 11) is 1.66. The van der Waals surface area contributed by atoms with E-state index in [2.05, 4.69) is 32.2 Å². The lowest BCUT2D eigenvalue weighted by atomic mass is 10.2. The summed E-state index contributed by atoms with van der Waals surface area (Å²) in [6.07, 6.45) is 1.03. The molecule has 1 rings (SSSR count). The van der Waals surface area contributed by atoms with Gasteiger partial charge in [-0.15, -0.1) is 0 Å². The third kappa shape index (κ3) is 6.26. The van der Waals surface area contributed by atoms with Gasteiger partial charge in [0.05, 0.1) is 13.7 Å². The fourth-order valence-electron chi connectivity index (χ4n) is 1.72. The van der Waals surface area contributed by atoms with Crippen molar-refractivity contribution in [3.63, 3.8) is 0 Å². The van der Waals surface area contributed by atoms with Crippen LogP contribution < -0.4 is 14.8 Å². The lowest BCUT2D eigenvalue weighted by Crippen LogP contribution is -2.21. The van der Waals surface area contributed by atoms with E-state index in [4.69, 9.17) is 14.2 Å². The number of rotatable bonds is 10. The van der Waals surface area contributed by atoms with Gasteiger partial charge in [0.15, 0.2) is 11.5 Å². The van der Waals surface area contributed by atoms with Crippen LogP contribution in [0.5, 0.6) is 11.5 Å². The van der Waals surface area contributed by atoms with E-state index in [-0.39, 0.29) is 0 Å². The van der Waals surface area contributed by atoms with E-state index in [1.54, 1.807) is 7.11 Å². The number of ether oxygens (including phenoxy) is 3. The molecule has 20 heavy (non-hydrogen) atoms. The van der Waals surface area contributed by atoms with E-state index in [9.17, 15) is 0 Å². The van der Waals surface area contributed by atoms with Crippen LogP contribution in [0.1, 0.15) is 32.8 Å². The van der Waals surface area contributed by atoms with Gasteiger partial charge in [-0.05, 0) is 24.1 Å². The predicted octanol–water partition coefficient (Wildman–Crippen LogP) is 3.00. The number of hydrogen-bond acceptors (Lipinski definition) is 4. The van der Waals surface area contributed by atoms with Gasteiger partial charge >= 0.3 is 0 Å². The van der Waals surface area contributed by atoms with E-state index in [0.717, 1.165) is 31.1 Å². The third-order valence-electron chi connectivity index (χ3n) is 2.78. The molecule has 0 unspecified atom stereocenters. The molecule has 0 saturated carbocycles. The fourth-order valence-corrected chi connectivity index (χ4v) is 1.72. The van der Waals surface area contributed by atoms with Gasteiger partial charge in [0, 0.05) is 19.2 Å². The highest BCUT2D eigenvalue weighted by molar-refractivity contribution is 5.42. The zero-order valence-electron chi connectivity index (χ0n) is 13.1. The smallest absolute Gasteiger partial charge is 0.161 e. The van der Waals surface area contributed by atoms with Gasteiger partial charge in [0.2, 0.25) is 0 Å². The van der Waals surface area contributed by atoms with Gasteiger partial charge in [0.1, 0.15) is 6.61 Å². The summed E-state index contributed by atoms with van der Waals surface area (Å²) in [5, 5.41) is 3.38. The maximum absolute atomic E-state index is 5.68. The largest absolute Gasteiger partial charge is 0.493 e. The van der Waals surface area contributed by atoms with Crippen molar-refractivity contribution in [1.29, 1.82) is 0 Å². The Morgan fingerprint density at radius 2 is 1.90 bits per heavy atom. The Hall–Kier alpha value is -1.26. The molecule has 0 amide bonds. The SMILES string of the molecule is CCCOCCOc1ccc(CNC(C)C)cc1OC. The van der Waals surface area contributed by atoms with Crippen LogP contribution in [0.15, 0.2) is 18.2 Å². The lowest BCUT2D eigenvalue weighted by Gasteiger charge is -2.13. The molecule has 1 aromatic rings. The van der Waals surface area contributed by atoms with Crippen LogP contribution in [0.3, 0.4) is 0 Å². The molecule has 0 radical (unpaired) electrons. The van der Waals surface area contributed by atoms with Crippen LogP contribution in [0.2, 0.25) is 0 Å². The Morgan fingerprint density at radius 1 is 1.10 bits per heavy atom. The highest BCUT2D eigenvalue weighted by atomic mass is 16.5. The van der Waals surface area contributed by atoms with E-state index >= 15 is 0 Å². The van der Waals surface area contributed by atoms with Crippen molar-refractivity contribution < 1.29 is 14.2 Å². The molecule has 0 spiro atoms. The molecule has 0 bridgehead atoms. The van der Waals surface area contributed by atoms with E-state index in [1.807, 2.05) is 12.1 Å². The highest BCUT2D eigenvalue weighted by Gasteiger charge is 2.06. The van der Waals surface area contributed by atoms with E-state index < -0.39 is 0 Å². The zero-order valence-corrected chi connectivity index (χ0v) is 13.1. The van der Waals surface area contributed by atoms with Crippen molar-refractivity contribution in [2.24, 2.45) is 0 Å². The molecule has 0 atom stereocenters. The van der Waals surface area contributed by atoms with Crippen molar-refractivity contribution in [2.75, 3.05) is 26.9 Å². The molecule has 114 valence electrons. The quantitative estimate of drug-likeness (QED) is 0.669. The van der Waals surface area contributed by atoms with Gasteiger partial charge in [0.25, 0.3) is 0 Å². The molecule has 1 N–H and O–H groups in total. The topological polar surface area (TPSA) is 39.7 Å². The van der Waals surface area contributed by atoms with Crippen molar-refractivity contribution in [2.45, 2.75) is 39.8 Å². The van der Waals surface area contributed by atoms with Crippen LogP contribution in [0.25, 0.3) is 0 Å². The van der Waals surface area contributed by atoms with Crippen LogP contribution in [0, 0.1) is 0 Å². The lowest BCUT2D eigenvalue weighted by molar-refractivity contribution is 0.0995. The summed E-state index contributed by atoms with van der Waals surface area (Å²) < 4.78 is 16.5. The maximum atomic E-state index is 5.68. The van der Waals surface area contributed by atoms with Gasteiger partial charge < -0.3 is 19.5 Å². The van der Waals surface area contributed by atoms with Gasteiger partial charge in [-0.2, -0.15) is 0 Å². The average Bonchev–Trinajstić information content (AvgIpc) is 2.45. The van der Waals surface area contributed by atoms with Crippen LogP contribution in [-0.4, -0.2) is 33.0 Å². The minimum atomic E-state index is 0.465. The standard InChI is InChI=1S/C16H27NO3/c1-5-8-19-9-10-20-15-7-6-14(11-16(15)18-4)12-17-13(2)3/h6-7,11,13,17H,5,8-10,12H2,1-4H3. The normalized spacial score (nSPS) is 10.8. The average molecular weight is 281 g/mol. The minimum Gasteiger partial charge on any atom is -0.493 e. The van der Waals surface area contributed by atoms with Crippen LogP contribution in [-0.2, 0) is 11.3 Å². The maximum Gasteiger partial charge on any atom is 0.161 e. The summed E-state index contributed by atoms with van der Waals surface area (Å²) in [5.74, 6) is 1.53. The first-order valence-electron chi connectivity index (χ1n) is 7.28. The van der Waals surface area contributed by atoms with Gasteiger partial charge in [-0.3, -0.25) is 0 Å². The van der Waals surface area contributed by atoms with Gasteiger partial charge in [-0.1, -0.05) is 26.8 Å². The van der Waals surface area contributed by atoms with E-state index in [1.165, 1.54) is 5.56 Å². The van der Waals surface area contributed by atoms with Crippen molar-refractivity contribution in [1.82, 2.24) is 5.32 Å². The molecule has 4 nitrogen and oxygen atoms in total. The molecule has 0 aromatic heterocycles. The molecule has 0 saturated heterocycles. The summed E-state index contributed by atoms with van der Waals surface area (Å²) in [5.41, 5.74) is 1.19.